The number of carbonyl (C=O) groups is 2. The fourth-order valence-electron chi connectivity index (χ4n) is 3.49. The Labute approximate surface area is 199 Å². The molecule has 8 nitrogen and oxygen atoms in total. The standard InChI is InChI=1S/C25H20N6O2S/c32-24(21-14-7-15-30(21)17-20-13-8-16-34-20)27-28-25(33)22-26-23(18-9-3-1-4-10-18)31(29-22)19-11-5-2-6-12-19/h1-16H,17H2,(H,27,32)(H,28,33). The van der Waals surface area contributed by atoms with Gasteiger partial charge >= 0.3 is 5.91 Å². The molecule has 3 aromatic heterocycles. The van der Waals surface area contributed by atoms with E-state index in [-0.39, 0.29) is 5.82 Å². The summed E-state index contributed by atoms with van der Waals surface area (Å²) in [5, 5.41) is 6.39. The fraction of sp³-hybridized carbons (Fsp3) is 0.0400. The number of hydrazine groups is 1. The zero-order valence-corrected chi connectivity index (χ0v) is 18.8. The molecular formula is C25H20N6O2S. The predicted octanol–water partition coefficient (Wildman–Crippen LogP) is 3.92. The van der Waals surface area contributed by atoms with E-state index in [1.165, 1.54) is 0 Å². The number of aromatic nitrogens is 4. The van der Waals surface area contributed by atoms with Gasteiger partial charge in [0.25, 0.3) is 5.91 Å². The van der Waals surface area contributed by atoms with Gasteiger partial charge in [-0.3, -0.25) is 20.4 Å². The van der Waals surface area contributed by atoms with Crippen LogP contribution in [0, 0.1) is 0 Å². The van der Waals surface area contributed by atoms with Crippen LogP contribution in [-0.4, -0.2) is 31.1 Å². The lowest BCUT2D eigenvalue weighted by molar-refractivity contribution is 0.0836. The molecule has 0 unspecified atom stereocenters. The average Bonchev–Trinajstić information content (AvgIpc) is 3.65. The van der Waals surface area contributed by atoms with Crippen molar-refractivity contribution in [3.05, 3.63) is 113 Å². The summed E-state index contributed by atoms with van der Waals surface area (Å²) in [4.78, 5) is 31.1. The Morgan fingerprint density at radius 1 is 0.824 bits per heavy atom. The van der Waals surface area contributed by atoms with Gasteiger partial charge in [0.15, 0.2) is 5.82 Å². The van der Waals surface area contributed by atoms with Crippen LogP contribution in [-0.2, 0) is 6.54 Å². The molecule has 0 spiro atoms. The zero-order valence-electron chi connectivity index (χ0n) is 18.0. The second kappa shape index (κ2) is 9.55. The minimum Gasteiger partial charge on any atom is -0.338 e. The third kappa shape index (κ3) is 4.50. The van der Waals surface area contributed by atoms with Gasteiger partial charge in [-0.1, -0.05) is 54.6 Å². The Morgan fingerprint density at radius 2 is 1.56 bits per heavy atom. The van der Waals surface area contributed by atoms with Crippen molar-refractivity contribution in [1.29, 1.82) is 0 Å². The monoisotopic (exact) mass is 468 g/mol. The smallest absolute Gasteiger partial charge is 0.309 e. The number of rotatable bonds is 6. The van der Waals surface area contributed by atoms with Crippen LogP contribution in [0.15, 0.2) is 96.5 Å². The van der Waals surface area contributed by atoms with Crippen LogP contribution >= 0.6 is 11.3 Å². The third-order valence-electron chi connectivity index (χ3n) is 5.10. The predicted molar refractivity (Wildman–Crippen MR) is 130 cm³/mol. The van der Waals surface area contributed by atoms with Crippen molar-refractivity contribution in [2.75, 3.05) is 0 Å². The highest BCUT2D eigenvalue weighted by atomic mass is 32.1. The minimum absolute atomic E-state index is 0.0584. The first-order valence-electron chi connectivity index (χ1n) is 10.5. The maximum absolute atomic E-state index is 12.8. The number of benzene rings is 2. The molecule has 0 aliphatic rings. The number of thiophene rings is 1. The number of hydrogen-bond donors (Lipinski definition) is 2. The van der Waals surface area contributed by atoms with Gasteiger partial charge in [0.1, 0.15) is 5.69 Å². The molecule has 0 aliphatic carbocycles. The topological polar surface area (TPSA) is 93.8 Å². The molecule has 3 heterocycles. The molecule has 0 saturated heterocycles. The van der Waals surface area contributed by atoms with E-state index in [0.717, 1.165) is 16.1 Å². The van der Waals surface area contributed by atoms with Gasteiger partial charge in [0, 0.05) is 16.6 Å². The van der Waals surface area contributed by atoms with Crippen molar-refractivity contribution in [3.63, 3.8) is 0 Å². The molecular weight excluding hydrogens is 448 g/mol. The van der Waals surface area contributed by atoms with Crippen LogP contribution in [0.25, 0.3) is 17.1 Å². The van der Waals surface area contributed by atoms with Crippen molar-refractivity contribution in [3.8, 4) is 17.1 Å². The van der Waals surface area contributed by atoms with E-state index in [2.05, 4.69) is 20.9 Å². The van der Waals surface area contributed by atoms with Gasteiger partial charge in [-0.05, 0) is 35.7 Å². The zero-order chi connectivity index (χ0) is 23.3. The number of para-hydroxylation sites is 1. The Balaban J connectivity index is 1.34. The van der Waals surface area contributed by atoms with Crippen LogP contribution < -0.4 is 10.9 Å². The average molecular weight is 469 g/mol. The van der Waals surface area contributed by atoms with E-state index >= 15 is 0 Å². The highest BCUT2D eigenvalue weighted by Crippen LogP contribution is 2.21. The second-order valence-corrected chi connectivity index (χ2v) is 8.41. The van der Waals surface area contributed by atoms with Crippen molar-refractivity contribution in [2.45, 2.75) is 6.54 Å². The molecule has 5 rings (SSSR count). The maximum Gasteiger partial charge on any atom is 0.309 e. The summed E-state index contributed by atoms with van der Waals surface area (Å²) in [5.41, 5.74) is 6.91. The van der Waals surface area contributed by atoms with Crippen LogP contribution in [0.2, 0.25) is 0 Å². The molecule has 5 aromatic rings. The Morgan fingerprint density at radius 3 is 2.29 bits per heavy atom. The van der Waals surface area contributed by atoms with Crippen molar-refractivity contribution < 1.29 is 9.59 Å². The van der Waals surface area contributed by atoms with E-state index in [4.69, 9.17) is 0 Å². The van der Waals surface area contributed by atoms with Gasteiger partial charge in [-0.25, -0.2) is 9.67 Å². The summed E-state index contributed by atoms with van der Waals surface area (Å²) in [6.45, 7) is 0.574. The number of nitrogens with one attached hydrogen (secondary N) is 2. The molecule has 0 bridgehead atoms. The molecule has 2 amide bonds. The Bertz CT molecular complexity index is 1350. The first-order chi connectivity index (χ1) is 16.7. The van der Waals surface area contributed by atoms with Crippen LogP contribution in [0.1, 0.15) is 26.0 Å². The normalized spacial score (nSPS) is 10.7. The number of carbonyl (C=O) groups excluding carboxylic acids is 2. The Hall–Kier alpha value is -4.50. The first-order valence-corrected chi connectivity index (χ1v) is 11.4. The van der Waals surface area contributed by atoms with E-state index in [0.29, 0.717) is 18.1 Å². The molecule has 2 N–H and O–H groups in total. The number of hydrogen-bond acceptors (Lipinski definition) is 5. The van der Waals surface area contributed by atoms with Gasteiger partial charge < -0.3 is 4.57 Å². The lowest BCUT2D eigenvalue weighted by Gasteiger charge is -2.09. The third-order valence-corrected chi connectivity index (χ3v) is 5.96. The highest BCUT2D eigenvalue weighted by molar-refractivity contribution is 7.09. The lowest BCUT2D eigenvalue weighted by atomic mass is 10.2. The Kier molecular flexibility index (Phi) is 6.00. The molecule has 2 aromatic carbocycles. The molecule has 0 aliphatic heterocycles. The second-order valence-electron chi connectivity index (χ2n) is 7.38. The van der Waals surface area contributed by atoms with Crippen molar-refractivity contribution >= 4 is 23.2 Å². The van der Waals surface area contributed by atoms with E-state index < -0.39 is 11.8 Å². The summed E-state index contributed by atoms with van der Waals surface area (Å²) in [6, 6.07) is 26.4. The van der Waals surface area contributed by atoms with E-state index in [9.17, 15) is 9.59 Å². The van der Waals surface area contributed by atoms with Gasteiger partial charge in [0.2, 0.25) is 5.82 Å². The largest absolute Gasteiger partial charge is 0.338 e. The molecule has 0 radical (unpaired) electrons. The van der Waals surface area contributed by atoms with Crippen LogP contribution in [0.3, 0.4) is 0 Å². The van der Waals surface area contributed by atoms with Gasteiger partial charge in [-0.15, -0.1) is 16.4 Å². The summed E-state index contributed by atoms with van der Waals surface area (Å²) in [7, 11) is 0. The van der Waals surface area contributed by atoms with Crippen LogP contribution in [0.5, 0.6) is 0 Å². The van der Waals surface area contributed by atoms with Gasteiger partial charge in [-0.2, -0.15) is 0 Å². The van der Waals surface area contributed by atoms with E-state index in [1.54, 1.807) is 28.2 Å². The lowest BCUT2D eigenvalue weighted by Crippen LogP contribution is -2.42. The van der Waals surface area contributed by atoms with Crippen molar-refractivity contribution in [2.24, 2.45) is 0 Å². The molecule has 0 saturated carbocycles. The summed E-state index contributed by atoms with van der Waals surface area (Å²) >= 11 is 1.62. The highest BCUT2D eigenvalue weighted by Gasteiger charge is 2.20. The fourth-order valence-corrected chi connectivity index (χ4v) is 4.20. The minimum atomic E-state index is -0.614. The van der Waals surface area contributed by atoms with Gasteiger partial charge in [0.05, 0.1) is 12.2 Å². The SMILES string of the molecule is O=C(NNC(=O)c1cccn1Cc1cccs1)c1nc(-c2ccccc2)n(-c2ccccc2)n1. The molecule has 0 fully saturated rings. The summed E-state index contributed by atoms with van der Waals surface area (Å²) in [5.74, 6) is -0.581. The van der Waals surface area contributed by atoms with Crippen molar-refractivity contribution in [1.82, 2.24) is 30.2 Å². The first kappa shape index (κ1) is 21.4. The molecule has 34 heavy (non-hydrogen) atoms. The molecule has 9 heteroatoms. The quantitative estimate of drug-likeness (QED) is 0.370. The number of amides is 2. The summed E-state index contributed by atoms with van der Waals surface area (Å²) < 4.78 is 3.43. The molecule has 0 atom stereocenters. The summed E-state index contributed by atoms with van der Waals surface area (Å²) in [6.07, 6.45) is 1.83. The molecule has 168 valence electrons. The van der Waals surface area contributed by atoms with Crippen LogP contribution in [0.4, 0.5) is 0 Å². The maximum atomic E-state index is 12.8. The van der Waals surface area contributed by atoms with E-state index in [1.807, 2.05) is 88.9 Å². The number of nitrogens with zero attached hydrogens (tertiary/aromatic N) is 4.